The zero-order valence-corrected chi connectivity index (χ0v) is 19.0. The van der Waals surface area contributed by atoms with Gasteiger partial charge in [0.15, 0.2) is 11.5 Å². The summed E-state index contributed by atoms with van der Waals surface area (Å²) >= 11 is 0. The summed E-state index contributed by atoms with van der Waals surface area (Å²) in [5.74, 6) is 0.685. The lowest BCUT2D eigenvalue weighted by Gasteiger charge is -2.10. The van der Waals surface area contributed by atoms with E-state index in [0.717, 1.165) is 24.1 Å². The highest BCUT2D eigenvalue weighted by Crippen LogP contribution is 2.40. The van der Waals surface area contributed by atoms with Crippen molar-refractivity contribution in [3.8, 4) is 5.82 Å². The van der Waals surface area contributed by atoms with Crippen LogP contribution in [0.3, 0.4) is 0 Å². The third kappa shape index (κ3) is 4.66. The minimum Gasteiger partial charge on any atom is -0.352 e. The van der Waals surface area contributed by atoms with Gasteiger partial charge in [0.2, 0.25) is 5.91 Å². The van der Waals surface area contributed by atoms with Gasteiger partial charge in [0, 0.05) is 37.3 Å². The van der Waals surface area contributed by atoms with Crippen molar-refractivity contribution in [2.75, 3.05) is 6.54 Å². The number of hydrogen-bond donors (Lipinski definition) is 2. The molecule has 3 heterocycles. The molecule has 34 heavy (non-hydrogen) atoms. The molecule has 0 aliphatic heterocycles. The van der Waals surface area contributed by atoms with Crippen LogP contribution in [0.4, 0.5) is 0 Å². The first-order chi connectivity index (χ1) is 16.6. The monoisotopic (exact) mass is 454 g/mol. The van der Waals surface area contributed by atoms with Gasteiger partial charge in [-0.2, -0.15) is 9.78 Å². The van der Waals surface area contributed by atoms with Crippen molar-refractivity contribution in [2.45, 2.75) is 38.6 Å². The van der Waals surface area contributed by atoms with Gasteiger partial charge in [-0.1, -0.05) is 36.4 Å². The zero-order valence-electron chi connectivity index (χ0n) is 19.0. The molecule has 0 bridgehead atoms. The van der Waals surface area contributed by atoms with Gasteiger partial charge in [0.05, 0.1) is 16.6 Å². The SMILES string of the molecule is Cc1nn(-c2ccccn2)c2nc(C3CC3)cc(C(=O)NCCC(=O)NCc3ccccc3)c12. The molecular weight excluding hydrogens is 428 g/mol. The Morgan fingerprint density at radius 3 is 2.59 bits per heavy atom. The minimum atomic E-state index is -0.228. The maximum absolute atomic E-state index is 13.2. The molecule has 1 aliphatic rings. The Kier molecular flexibility index (Phi) is 6.03. The van der Waals surface area contributed by atoms with Crippen LogP contribution in [0.25, 0.3) is 16.9 Å². The summed E-state index contributed by atoms with van der Waals surface area (Å²) < 4.78 is 1.70. The Balaban J connectivity index is 1.33. The number of aryl methyl sites for hydroxylation is 1. The third-order valence-corrected chi connectivity index (χ3v) is 5.91. The minimum absolute atomic E-state index is 0.109. The molecule has 172 valence electrons. The van der Waals surface area contributed by atoms with Crippen molar-refractivity contribution in [2.24, 2.45) is 0 Å². The van der Waals surface area contributed by atoms with Crippen LogP contribution in [0.2, 0.25) is 0 Å². The van der Waals surface area contributed by atoms with Crippen molar-refractivity contribution in [3.63, 3.8) is 0 Å². The summed E-state index contributed by atoms with van der Waals surface area (Å²) in [4.78, 5) is 34.7. The molecule has 1 saturated carbocycles. The lowest BCUT2D eigenvalue weighted by Crippen LogP contribution is -2.30. The second-order valence-electron chi connectivity index (χ2n) is 8.52. The van der Waals surface area contributed by atoms with Crippen LogP contribution in [0.5, 0.6) is 0 Å². The normalized spacial score (nSPS) is 13.1. The summed E-state index contributed by atoms with van der Waals surface area (Å²) in [6.45, 7) is 2.58. The molecule has 5 rings (SSSR count). The number of fused-ring (bicyclic) bond motifs is 1. The van der Waals surface area contributed by atoms with Crippen LogP contribution in [0.15, 0.2) is 60.8 Å². The quantitative estimate of drug-likeness (QED) is 0.425. The van der Waals surface area contributed by atoms with E-state index in [2.05, 4.69) is 20.7 Å². The van der Waals surface area contributed by atoms with E-state index in [1.165, 1.54) is 0 Å². The lowest BCUT2D eigenvalue weighted by molar-refractivity contribution is -0.121. The van der Waals surface area contributed by atoms with Crippen molar-refractivity contribution >= 4 is 22.8 Å². The Hall–Kier alpha value is -4.07. The number of nitrogens with one attached hydrogen (secondary N) is 2. The smallest absolute Gasteiger partial charge is 0.252 e. The van der Waals surface area contributed by atoms with Crippen LogP contribution in [0.1, 0.15) is 52.5 Å². The second kappa shape index (κ2) is 9.43. The van der Waals surface area contributed by atoms with E-state index in [0.29, 0.717) is 40.6 Å². The molecule has 8 heteroatoms. The first kappa shape index (κ1) is 21.8. The number of amides is 2. The molecule has 1 fully saturated rings. The van der Waals surface area contributed by atoms with Crippen LogP contribution < -0.4 is 10.6 Å². The first-order valence-electron chi connectivity index (χ1n) is 11.5. The molecule has 0 saturated heterocycles. The zero-order chi connectivity index (χ0) is 23.5. The van der Waals surface area contributed by atoms with Crippen LogP contribution in [-0.4, -0.2) is 38.1 Å². The highest BCUT2D eigenvalue weighted by molar-refractivity contribution is 6.07. The van der Waals surface area contributed by atoms with E-state index in [4.69, 9.17) is 4.98 Å². The number of aromatic nitrogens is 4. The molecule has 0 radical (unpaired) electrons. The molecule has 2 amide bonds. The van der Waals surface area contributed by atoms with E-state index >= 15 is 0 Å². The highest BCUT2D eigenvalue weighted by atomic mass is 16.2. The van der Waals surface area contributed by atoms with Gasteiger partial charge >= 0.3 is 0 Å². The molecule has 1 aromatic carbocycles. The van der Waals surface area contributed by atoms with Gasteiger partial charge in [-0.3, -0.25) is 9.59 Å². The number of pyridine rings is 2. The second-order valence-corrected chi connectivity index (χ2v) is 8.52. The molecule has 0 atom stereocenters. The predicted molar refractivity (Wildman–Crippen MR) is 129 cm³/mol. The lowest BCUT2D eigenvalue weighted by atomic mass is 10.1. The summed E-state index contributed by atoms with van der Waals surface area (Å²) in [5, 5.41) is 11.1. The number of benzene rings is 1. The average molecular weight is 455 g/mol. The molecule has 0 unspecified atom stereocenters. The standard InChI is InChI=1S/C26H26N6O2/c1-17-24-20(26(34)28-14-12-23(33)29-16-18-7-3-2-4-8-18)15-21(19-10-11-19)30-25(24)32(31-17)22-9-5-6-13-27-22/h2-9,13,15,19H,10-12,14,16H2,1H3,(H,28,34)(H,29,33). The molecule has 0 spiro atoms. The van der Waals surface area contributed by atoms with Crippen molar-refractivity contribution in [3.05, 3.63) is 83.3 Å². The molecule has 2 N–H and O–H groups in total. The van der Waals surface area contributed by atoms with Crippen molar-refractivity contribution in [1.29, 1.82) is 0 Å². The van der Waals surface area contributed by atoms with Crippen LogP contribution in [-0.2, 0) is 11.3 Å². The van der Waals surface area contributed by atoms with Crippen molar-refractivity contribution in [1.82, 2.24) is 30.4 Å². The average Bonchev–Trinajstić information content (AvgIpc) is 3.67. The maximum atomic E-state index is 13.2. The van der Waals surface area contributed by atoms with Crippen LogP contribution in [0, 0.1) is 6.92 Å². The Bertz CT molecular complexity index is 1330. The fraction of sp³-hybridized carbons (Fsp3) is 0.269. The molecule has 3 aromatic heterocycles. The molecule has 8 nitrogen and oxygen atoms in total. The summed E-state index contributed by atoms with van der Waals surface area (Å²) in [7, 11) is 0. The summed E-state index contributed by atoms with van der Waals surface area (Å²) in [5.41, 5.74) is 3.81. The van der Waals surface area contributed by atoms with E-state index in [1.54, 1.807) is 10.9 Å². The van der Waals surface area contributed by atoms with E-state index in [9.17, 15) is 9.59 Å². The van der Waals surface area contributed by atoms with E-state index < -0.39 is 0 Å². The highest BCUT2D eigenvalue weighted by Gasteiger charge is 2.29. The van der Waals surface area contributed by atoms with E-state index in [1.807, 2.05) is 61.5 Å². The Morgan fingerprint density at radius 2 is 1.85 bits per heavy atom. The largest absolute Gasteiger partial charge is 0.352 e. The molecule has 1 aliphatic carbocycles. The summed E-state index contributed by atoms with van der Waals surface area (Å²) in [6.07, 6.45) is 4.05. The Morgan fingerprint density at radius 1 is 1.06 bits per heavy atom. The number of hydrogen-bond acceptors (Lipinski definition) is 5. The van der Waals surface area contributed by atoms with Gasteiger partial charge in [-0.15, -0.1) is 0 Å². The topological polar surface area (TPSA) is 102 Å². The van der Waals surface area contributed by atoms with E-state index in [-0.39, 0.29) is 24.8 Å². The maximum Gasteiger partial charge on any atom is 0.252 e. The van der Waals surface area contributed by atoms with Gasteiger partial charge < -0.3 is 10.6 Å². The number of rotatable bonds is 8. The van der Waals surface area contributed by atoms with Gasteiger partial charge in [-0.25, -0.2) is 9.97 Å². The number of nitrogens with zero attached hydrogens (tertiary/aromatic N) is 4. The number of carbonyl (C=O) groups is 2. The fourth-order valence-corrected chi connectivity index (χ4v) is 3.98. The van der Waals surface area contributed by atoms with Gasteiger partial charge in [0.25, 0.3) is 5.91 Å². The Labute approximate surface area is 197 Å². The number of carbonyl (C=O) groups excluding carboxylic acids is 2. The van der Waals surface area contributed by atoms with Crippen LogP contribution >= 0.6 is 0 Å². The third-order valence-electron chi connectivity index (χ3n) is 5.91. The first-order valence-corrected chi connectivity index (χ1v) is 11.5. The molecular formula is C26H26N6O2. The van der Waals surface area contributed by atoms with Crippen molar-refractivity contribution < 1.29 is 9.59 Å². The predicted octanol–water partition coefficient (Wildman–Crippen LogP) is 3.44. The fourth-order valence-electron chi connectivity index (χ4n) is 3.98. The summed E-state index contributed by atoms with van der Waals surface area (Å²) in [6, 6.07) is 17.2. The van der Waals surface area contributed by atoms with Gasteiger partial charge in [-0.05, 0) is 43.5 Å². The molecule has 4 aromatic rings. The van der Waals surface area contributed by atoms with Gasteiger partial charge in [0.1, 0.15) is 0 Å².